The van der Waals surface area contributed by atoms with Crippen LogP contribution in [0.3, 0.4) is 0 Å². The van der Waals surface area contributed by atoms with Crippen molar-refractivity contribution in [3.8, 4) is 5.75 Å². The van der Waals surface area contributed by atoms with Crippen molar-refractivity contribution in [1.29, 1.82) is 0 Å². The highest BCUT2D eigenvalue weighted by Crippen LogP contribution is 2.18. The van der Waals surface area contributed by atoms with E-state index in [1.165, 1.54) is 16.7 Å². The monoisotopic (exact) mass is 255 g/mol. The Kier molecular flexibility index (Phi) is 4.58. The van der Waals surface area contributed by atoms with Gasteiger partial charge in [-0.3, -0.25) is 0 Å². The summed E-state index contributed by atoms with van der Waals surface area (Å²) in [5.74, 6) is 0.898. The van der Waals surface area contributed by atoms with Crippen LogP contribution in [0.2, 0.25) is 0 Å². The molecule has 0 saturated carbocycles. The fourth-order valence-corrected chi connectivity index (χ4v) is 2.21. The van der Waals surface area contributed by atoms with E-state index in [0.717, 1.165) is 12.2 Å². The van der Waals surface area contributed by atoms with Gasteiger partial charge in [0.1, 0.15) is 5.75 Å². The minimum Gasteiger partial charge on any atom is -0.494 e. The lowest BCUT2D eigenvalue weighted by Gasteiger charge is -2.14. The van der Waals surface area contributed by atoms with Gasteiger partial charge in [0.05, 0.1) is 6.61 Å². The lowest BCUT2D eigenvalue weighted by atomic mass is 10.0. The van der Waals surface area contributed by atoms with Gasteiger partial charge in [-0.05, 0) is 31.5 Å². The maximum absolute atomic E-state index is 6.22. The molecule has 0 aliphatic rings. The van der Waals surface area contributed by atoms with E-state index in [4.69, 9.17) is 10.5 Å². The second kappa shape index (κ2) is 6.39. The molecule has 2 aromatic rings. The van der Waals surface area contributed by atoms with Crippen LogP contribution in [0.4, 0.5) is 0 Å². The fraction of sp³-hybridized carbons (Fsp3) is 0.294. The maximum Gasteiger partial charge on any atom is 0.119 e. The molecule has 0 bridgehead atoms. The van der Waals surface area contributed by atoms with Crippen molar-refractivity contribution >= 4 is 0 Å². The Morgan fingerprint density at radius 3 is 2.26 bits per heavy atom. The van der Waals surface area contributed by atoms with Gasteiger partial charge in [-0.25, -0.2) is 0 Å². The average Bonchev–Trinajstić information content (AvgIpc) is 2.38. The first-order valence-electron chi connectivity index (χ1n) is 6.67. The van der Waals surface area contributed by atoms with Crippen molar-refractivity contribution < 1.29 is 4.74 Å². The third-order valence-corrected chi connectivity index (χ3v) is 3.11. The van der Waals surface area contributed by atoms with Crippen molar-refractivity contribution in [1.82, 2.24) is 0 Å². The lowest BCUT2D eigenvalue weighted by Crippen LogP contribution is -2.14. The van der Waals surface area contributed by atoms with E-state index in [1.807, 2.05) is 30.3 Å². The highest BCUT2D eigenvalue weighted by molar-refractivity contribution is 5.30. The maximum atomic E-state index is 6.22. The number of ether oxygens (including phenoxy) is 1. The van der Waals surface area contributed by atoms with Gasteiger partial charge in [-0.15, -0.1) is 0 Å². The Morgan fingerprint density at radius 1 is 1.00 bits per heavy atom. The molecule has 1 unspecified atom stereocenters. The van der Waals surface area contributed by atoms with Crippen LogP contribution in [-0.2, 0) is 0 Å². The van der Waals surface area contributed by atoms with Gasteiger partial charge >= 0.3 is 0 Å². The summed E-state index contributed by atoms with van der Waals surface area (Å²) in [6.45, 7) is 4.84. The SMILES string of the molecule is Cc1cc(C)cc(C(N)CCOc2ccccc2)c1. The van der Waals surface area contributed by atoms with Gasteiger partial charge in [-0.1, -0.05) is 47.5 Å². The van der Waals surface area contributed by atoms with Gasteiger partial charge in [0.2, 0.25) is 0 Å². The standard InChI is InChI=1S/C17H21NO/c1-13-10-14(2)12-15(11-13)17(18)8-9-19-16-6-4-3-5-7-16/h3-7,10-12,17H,8-9,18H2,1-2H3. The number of benzene rings is 2. The number of hydrogen-bond donors (Lipinski definition) is 1. The van der Waals surface area contributed by atoms with Crippen molar-refractivity contribution in [2.24, 2.45) is 5.73 Å². The predicted molar refractivity (Wildman–Crippen MR) is 79.4 cm³/mol. The van der Waals surface area contributed by atoms with Crippen LogP contribution in [0.15, 0.2) is 48.5 Å². The number of aryl methyl sites for hydroxylation is 2. The molecule has 0 aromatic heterocycles. The molecule has 2 nitrogen and oxygen atoms in total. The molecular weight excluding hydrogens is 234 g/mol. The molecule has 2 rings (SSSR count). The number of para-hydroxylation sites is 1. The molecule has 0 aliphatic carbocycles. The van der Waals surface area contributed by atoms with Crippen LogP contribution in [0.5, 0.6) is 5.75 Å². The van der Waals surface area contributed by atoms with Crippen LogP contribution in [-0.4, -0.2) is 6.61 Å². The zero-order valence-electron chi connectivity index (χ0n) is 11.6. The summed E-state index contributed by atoms with van der Waals surface area (Å²) in [6.07, 6.45) is 0.817. The summed E-state index contributed by atoms with van der Waals surface area (Å²) < 4.78 is 5.68. The van der Waals surface area contributed by atoms with Crippen molar-refractivity contribution in [3.63, 3.8) is 0 Å². The van der Waals surface area contributed by atoms with Gasteiger partial charge in [0, 0.05) is 12.5 Å². The quantitative estimate of drug-likeness (QED) is 0.882. The van der Waals surface area contributed by atoms with Crippen LogP contribution < -0.4 is 10.5 Å². The van der Waals surface area contributed by atoms with E-state index in [2.05, 4.69) is 32.0 Å². The van der Waals surface area contributed by atoms with Gasteiger partial charge in [-0.2, -0.15) is 0 Å². The van der Waals surface area contributed by atoms with E-state index < -0.39 is 0 Å². The topological polar surface area (TPSA) is 35.2 Å². The first-order chi connectivity index (χ1) is 9.15. The molecule has 19 heavy (non-hydrogen) atoms. The molecule has 2 N–H and O–H groups in total. The van der Waals surface area contributed by atoms with Gasteiger partial charge < -0.3 is 10.5 Å². The first-order valence-corrected chi connectivity index (χ1v) is 6.67. The highest BCUT2D eigenvalue weighted by Gasteiger charge is 2.07. The molecule has 2 heteroatoms. The third kappa shape index (κ3) is 4.11. The smallest absolute Gasteiger partial charge is 0.119 e. The Balaban J connectivity index is 1.89. The second-order valence-electron chi connectivity index (χ2n) is 4.98. The lowest BCUT2D eigenvalue weighted by molar-refractivity contribution is 0.298. The minimum absolute atomic E-state index is 0.0299. The van der Waals surface area contributed by atoms with Gasteiger partial charge in [0.15, 0.2) is 0 Å². The normalized spacial score (nSPS) is 12.2. The van der Waals surface area contributed by atoms with E-state index >= 15 is 0 Å². The fourth-order valence-electron chi connectivity index (χ4n) is 2.21. The molecule has 0 saturated heterocycles. The summed E-state index contributed by atoms with van der Waals surface area (Å²) in [5.41, 5.74) is 9.92. The van der Waals surface area contributed by atoms with Crippen LogP contribution in [0.25, 0.3) is 0 Å². The van der Waals surface area contributed by atoms with E-state index in [-0.39, 0.29) is 6.04 Å². The van der Waals surface area contributed by atoms with Crippen LogP contribution >= 0.6 is 0 Å². The summed E-state index contributed by atoms with van der Waals surface area (Å²) in [5, 5.41) is 0. The summed E-state index contributed by atoms with van der Waals surface area (Å²) >= 11 is 0. The summed E-state index contributed by atoms with van der Waals surface area (Å²) in [4.78, 5) is 0. The zero-order valence-corrected chi connectivity index (χ0v) is 11.6. The molecule has 2 aromatic carbocycles. The molecule has 0 amide bonds. The summed E-state index contributed by atoms with van der Waals surface area (Å²) in [7, 11) is 0. The van der Waals surface area contributed by atoms with Crippen molar-refractivity contribution in [3.05, 3.63) is 65.2 Å². The zero-order chi connectivity index (χ0) is 13.7. The third-order valence-electron chi connectivity index (χ3n) is 3.11. The Morgan fingerprint density at radius 2 is 1.63 bits per heavy atom. The molecular formula is C17H21NO. The number of rotatable bonds is 5. The molecule has 100 valence electrons. The van der Waals surface area contributed by atoms with Crippen LogP contribution in [0.1, 0.15) is 29.2 Å². The highest BCUT2D eigenvalue weighted by atomic mass is 16.5. The predicted octanol–water partition coefficient (Wildman–Crippen LogP) is 3.77. The average molecular weight is 255 g/mol. The molecule has 0 fully saturated rings. The molecule has 0 radical (unpaired) electrons. The number of hydrogen-bond acceptors (Lipinski definition) is 2. The molecule has 1 atom stereocenters. The second-order valence-corrected chi connectivity index (χ2v) is 4.98. The molecule has 0 aliphatic heterocycles. The van der Waals surface area contributed by atoms with Crippen LogP contribution in [0, 0.1) is 13.8 Å². The first kappa shape index (κ1) is 13.6. The Hall–Kier alpha value is -1.80. The molecule has 0 heterocycles. The van der Waals surface area contributed by atoms with Crippen molar-refractivity contribution in [2.75, 3.05) is 6.61 Å². The summed E-state index contributed by atoms with van der Waals surface area (Å²) in [6, 6.07) is 16.3. The van der Waals surface area contributed by atoms with Crippen molar-refractivity contribution in [2.45, 2.75) is 26.3 Å². The van der Waals surface area contributed by atoms with Gasteiger partial charge in [0.25, 0.3) is 0 Å². The van der Waals surface area contributed by atoms with E-state index in [9.17, 15) is 0 Å². The van der Waals surface area contributed by atoms with E-state index in [1.54, 1.807) is 0 Å². The number of nitrogens with two attached hydrogens (primary N) is 1. The minimum atomic E-state index is 0.0299. The Bertz CT molecular complexity index is 502. The largest absolute Gasteiger partial charge is 0.494 e. The Labute approximate surface area is 115 Å². The molecule has 0 spiro atoms. The van der Waals surface area contributed by atoms with E-state index in [0.29, 0.717) is 6.61 Å².